The molecule has 8 nitrogen and oxygen atoms in total. The van der Waals surface area contributed by atoms with E-state index in [0.29, 0.717) is 5.69 Å². The number of ether oxygens (including phenoxy) is 1. The number of halogens is 1. The number of rotatable bonds is 5. The van der Waals surface area contributed by atoms with Crippen LogP contribution in [0.1, 0.15) is 15.9 Å². The summed E-state index contributed by atoms with van der Waals surface area (Å²) in [5.74, 6) is -3.52. The van der Waals surface area contributed by atoms with E-state index >= 15 is 4.39 Å². The molecule has 0 aromatic heterocycles. The summed E-state index contributed by atoms with van der Waals surface area (Å²) in [7, 11) is 3.04. The van der Waals surface area contributed by atoms with Crippen LogP contribution in [0.5, 0.6) is 5.75 Å². The summed E-state index contributed by atoms with van der Waals surface area (Å²) in [5.41, 5.74) is -0.749. The van der Waals surface area contributed by atoms with Gasteiger partial charge in [0.2, 0.25) is 5.75 Å². The van der Waals surface area contributed by atoms with E-state index in [2.05, 4.69) is 5.32 Å². The SMILES string of the molecule is Cc1ccccc1Nc1c(C(=O)O)cc([N+](=O)[O-])c(OC(=S)N(C)C)c1F. The molecule has 0 radical (unpaired) electrons. The van der Waals surface area contributed by atoms with Crippen LogP contribution in [-0.2, 0) is 0 Å². The molecule has 2 aromatic rings. The number of nitrogens with zero attached hydrogens (tertiary/aromatic N) is 2. The summed E-state index contributed by atoms with van der Waals surface area (Å²) in [5, 5.41) is 23.2. The van der Waals surface area contributed by atoms with E-state index in [1.54, 1.807) is 31.2 Å². The number of aryl methyl sites for hydroxylation is 1. The van der Waals surface area contributed by atoms with Crippen LogP contribution in [0.25, 0.3) is 0 Å². The number of hydrogen-bond donors (Lipinski definition) is 2. The molecule has 2 aromatic carbocycles. The minimum atomic E-state index is -1.53. The zero-order valence-corrected chi connectivity index (χ0v) is 15.5. The molecule has 0 unspecified atom stereocenters. The Hall–Kier alpha value is -3.27. The molecule has 2 N–H and O–H groups in total. The van der Waals surface area contributed by atoms with Gasteiger partial charge in [-0.2, -0.15) is 0 Å². The Labute approximate surface area is 159 Å². The van der Waals surface area contributed by atoms with Gasteiger partial charge < -0.3 is 20.1 Å². The lowest BCUT2D eigenvalue weighted by Crippen LogP contribution is -2.26. The number of nitrogens with one attached hydrogen (secondary N) is 1. The quantitative estimate of drug-likeness (QED) is 0.450. The second-order valence-electron chi connectivity index (χ2n) is 5.73. The summed E-state index contributed by atoms with van der Waals surface area (Å²) in [4.78, 5) is 23.3. The molecule has 10 heteroatoms. The third-order valence-corrected chi connectivity index (χ3v) is 4.04. The molecule has 0 saturated heterocycles. The van der Waals surface area contributed by atoms with Crippen LogP contribution in [0.2, 0.25) is 0 Å². The first-order valence-corrected chi connectivity index (χ1v) is 8.00. The number of carbonyl (C=O) groups is 1. The molecule has 27 heavy (non-hydrogen) atoms. The number of para-hydroxylation sites is 1. The highest BCUT2D eigenvalue weighted by molar-refractivity contribution is 7.80. The topological polar surface area (TPSA) is 105 Å². The van der Waals surface area contributed by atoms with Gasteiger partial charge in [-0.15, -0.1) is 0 Å². The average molecular weight is 393 g/mol. The van der Waals surface area contributed by atoms with Crippen molar-refractivity contribution >= 4 is 40.4 Å². The number of carboxylic acids is 1. The Morgan fingerprint density at radius 2 is 2.00 bits per heavy atom. The van der Waals surface area contributed by atoms with E-state index in [-0.39, 0.29) is 5.17 Å². The van der Waals surface area contributed by atoms with Gasteiger partial charge in [0.15, 0.2) is 5.82 Å². The zero-order chi connectivity index (χ0) is 20.3. The first-order valence-electron chi connectivity index (χ1n) is 7.59. The third-order valence-electron chi connectivity index (χ3n) is 3.59. The van der Waals surface area contributed by atoms with Gasteiger partial charge in [-0.3, -0.25) is 10.1 Å². The molecule has 0 atom stereocenters. The van der Waals surface area contributed by atoms with Gasteiger partial charge in [0, 0.05) is 25.8 Å². The lowest BCUT2D eigenvalue weighted by Gasteiger charge is -2.18. The summed E-state index contributed by atoms with van der Waals surface area (Å²) >= 11 is 4.92. The van der Waals surface area contributed by atoms with Gasteiger partial charge in [0.1, 0.15) is 0 Å². The van der Waals surface area contributed by atoms with Crippen molar-refractivity contribution in [3.8, 4) is 5.75 Å². The molecule has 0 bridgehead atoms. The van der Waals surface area contributed by atoms with Crippen molar-refractivity contribution in [2.24, 2.45) is 0 Å². The Bertz CT molecular complexity index is 933. The van der Waals surface area contributed by atoms with E-state index in [4.69, 9.17) is 17.0 Å². The van der Waals surface area contributed by atoms with E-state index in [0.717, 1.165) is 11.6 Å². The predicted molar refractivity (Wildman–Crippen MR) is 101 cm³/mol. The summed E-state index contributed by atoms with van der Waals surface area (Å²) in [6, 6.07) is 7.53. The van der Waals surface area contributed by atoms with Crippen molar-refractivity contribution in [3.63, 3.8) is 0 Å². The van der Waals surface area contributed by atoms with Crippen molar-refractivity contribution in [2.45, 2.75) is 6.92 Å². The Kier molecular flexibility index (Phi) is 5.91. The molecule has 0 aliphatic carbocycles. The highest BCUT2D eigenvalue weighted by atomic mass is 32.1. The Balaban J connectivity index is 2.70. The normalized spacial score (nSPS) is 10.2. The van der Waals surface area contributed by atoms with Gasteiger partial charge in [0.05, 0.1) is 16.2 Å². The fraction of sp³-hybridized carbons (Fsp3) is 0.176. The molecule has 2 rings (SSSR count). The van der Waals surface area contributed by atoms with E-state index in [1.807, 2.05) is 0 Å². The summed E-state index contributed by atoms with van der Waals surface area (Å²) in [6.45, 7) is 1.74. The van der Waals surface area contributed by atoms with Crippen molar-refractivity contribution in [1.29, 1.82) is 0 Å². The van der Waals surface area contributed by atoms with Gasteiger partial charge >= 0.3 is 11.7 Å². The molecule has 0 saturated carbocycles. The Morgan fingerprint density at radius 3 is 2.52 bits per heavy atom. The molecule has 0 aliphatic rings. The smallest absolute Gasteiger partial charge is 0.338 e. The molecule has 0 heterocycles. The highest BCUT2D eigenvalue weighted by Crippen LogP contribution is 2.39. The molecular weight excluding hydrogens is 377 g/mol. The molecule has 0 aliphatic heterocycles. The second-order valence-corrected chi connectivity index (χ2v) is 6.08. The number of benzene rings is 2. The van der Waals surface area contributed by atoms with Crippen LogP contribution in [0, 0.1) is 22.9 Å². The zero-order valence-electron chi connectivity index (χ0n) is 14.6. The number of hydrogen-bond acceptors (Lipinski definition) is 6. The van der Waals surface area contributed by atoms with Crippen LogP contribution in [0.15, 0.2) is 30.3 Å². The maximum atomic E-state index is 15.1. The summed E-state index contributed by atoms with van der Waals surface area (Å²) < 4.78 is 20.3. The van der Waals surface area contributed by atoms with E-state index < -0.39 is 39.4 Å². The van der Waals surface area contributed by atoms with Crippen molar-refractivity contribution in [3.05, 3.63) is 57.4 Å². The third kappa shape index (κ3) is 4.29. The van der Waals surface area contributed by atoms with Crippen LogP contribution in [0.3, 0.4) is 0 Å². The number of nitro groups is 1. The molecule has 0 spiro atoms. The molecule has 0 fully saturated rings. The van der Waals surface area contributed by atoms with Gasteiger partial charge in [-0.05, 0) is 30.8 Å². The maximum absolute atomic E-state index is 15.1. The van der Waals surface area contributed by atoms with Crippen molar-refractivity contribution in [2.75, 3.05) is 19.4 Å². The fourth-order valence-corrected chi connectivity index (χ4v) is 2.25. The van der Waals surface area contributed by atoms with Gasteiger partial charge in [-0.25, -0.2) is 9.18 Å². The van der Waals surface area contributed by atoms with Crippen LogP contribution < -0.4 is 10.1 Å². The fourth-order valence-electron chi connectivity index (χ4n) is 2.17. The minimum Gasteiger partial charge on any atom is -0.478 e. The number of carboxylic acid groups (broad SMARTS) is 1. The second kappa shape index (κ2) is 7.96. The largest absolute Gasteiger partial charge is 0.478 e. The molecule has 142 valence electrons. The highest BCUT2D eigenvalue weighted by Gasteiger charge is 2.30. The molecular formula is C17H16FN3O5S. The van der Waals surface area contributed by atoms with Gasteiger partial charge in [-0.1, -0.05) is 18.2 Å². The van der Waals surface area contributed by atoms with Crippen molar-refractivity contribution < 1.29 is 24.0 Å². The number of nitro benzene ring substituents is 1. The van der Waals surface area contributed by atoms with Crippen LogP contribution in [0.4, 0.5) is 21.5 Å². The molecule has 0 amide bonds. The first-order chi connectivity index (χ1) is 12.6. The average Bonchev–Trinajstić information content (AvgIpc) is 2.59. The summed E-state index contributed by atoms with van der Waals surface area (Å²) in [6.07, 6.45) is 0. The number of anilines is 2. The maximum Gasteiger partial charge on any atom is 0.338 e. The van der Waals surface area contributed by atoms with Crippen LogP contribution >= 0.6 is 12.2 Å². The minimum absolute atomic E-state index is 0.220. The lowest BCUT2D eigenvalue weighted by atomic mass is 10.1. The standard InChI is InChI=1S/C17H16FN3O5S/c1-9-6-4-5-7-11(9)19-14-10(16(22)23)8-12(21(24)25)15(13(14)18)26-17(27)20(2)3/h4-8,19H,1-3H3,(H,22,23). The van der Waals surface area contributed by atoms with E-state index in [1.165, 1.54) is 19.0 Å². The number of thiocarbonyl (C=S) groups is 1. The predicted octanol–water partition coefficient (Wildman–Crippen LogP) is 3.71. The lowest BCUT2D eigenvalue weighted by molar-refractivity contribution is -0.385. The van der Waals surface area contributed by atoms with Crippen molar-refractivity contribution in [1.82, 2.24) is 4.90 Å². The monoisotopic (exact) mass is 393 g/mol. The first kappa shape index (κ1) is 20.0. The van der Waals surface area contributed by atoms with E-state index in [9.17, 15) is 20.0 Å². The Morgan fingerprint density at radius 1 is 1.37 bits per heavy atom. The number of aromatic carboxylic acids is 1. The van der Waals surface area contributed by atoms with Crippen LogP contribution in [-0.4, -0.2) is 40.2 Å². The van der Waals surface area contributed by atoms with Gasteiger partial charge in [0.25, 0.3) is 5.17 Å².